The Morgan fingerprint density at radius 3 is 1.45 bits per heavy atom. The summed E-state index contributed by atoms with van der Waals surface area (Å²) in [5, 5.41) is 49.5. The third kappa shape index (κ3) is 6.11. The molecule has 0 aromatic heterocycles. The fourth-order valence-electron chi connectivity index (χ4n) is 10.7. The molecule has 18 nitrogen and oxygen atoms in total. The number of amides is 6. The summed E-state index contributed by atoms with van der Waals surface area (Å²) in [6.45, 7) is 0.855. The molecule has 6 amide bonds. The van der Waals surface area contributed by atoms with Gasteiger partial charge in [-0.2, -0.15) is 0 Å². The fourth-order valence-corrected chi connectivity index (χ4v) is 10.7. The number of ether oxygens (including phenoxy) is 1. The van der Waals surface area contributed by atoms with Crippen LogP contribution < -0.4 is 22.1 Å². The Morgan fingerprint density at radius 1 is 0.696 bits per heavy atom. The lowest BCUT2D eigenvalue weighted by atomic mass is 9.69. The van der Waals surface area contributed by atoms with Gasteiger partial charge < -0.3 is 36.6 Å². The third-order valence-corrected chi connectivity index (χ3v) is 12.4. The number of benzene rings is 2. The zero-order valence-corrected chi connectivity index (χ0v) is 30.7. The number of nitrogens with zero attached hydrogens (tertiary/aromatic N) is 3. The molecule has 7 aliphatic rings. The normalized spacial score (nSPS) is 32.6. The standard InChI is InChI=1S/C38H47N7O11/c39-27(46)19-35(54)17-22-5-9-24(10-6-22)37(35,31(48)41-33(50)51)43-14-1-3-29(43)45(26-13-16-56-21-26)30-4-2-15-44(30)38(32(49)42-34(52)53)25-11-7-23(8-12-25)18-36(38,55)20-28(40)47/h5-12,26,29-30,54-55H,1-4,13-21H2,(H2,39,46)(H2,40,47)(H,41,48)(H,42,49)(H,50,51)(H,52,53)/t26-,29?,30?,35-,36-,37-,38-/m1/s1. The Labute approximate surface area is 321 Å². The number of carbonyl (C=O) groups is 6. The van der Waals surface area contributed by atoms with Crippen molar-refractivity contribution in [1.82, 2.24) is 25.3 Å². The van der Waals surface area contributed by atoms with Gasteiger partial charge in [0, 0.05) is 38.6 Å². The van der Waals surface area contributed by atoms with E-state index in [0.29, 0.717) is 49.8 Å². The number of primary amides is 2. The smallest absolute Gasteiger partial charge is 0.411 e. The maximum absolute atomic E-state index is 14.7. The molecule has 0 saturated carbocycles. The van der Waals surface area contributed by atoms with Crippen LogP contribution in [-0.4, -0.2) is 127 Å². The van der Waals surface area contributed by atoms with Gasteiger partial charge in [-0.25, -0.2) is 9.59 Å². The van der Waals surface area contributed by atoms with Crippen LogP contribution in [0.3, 0.4) is 0 Å². The van der Waals surface area contributed by atoms with Crippen LogP contribution in [0.25, 0.3) is 0 Å². The van der Waals surface area contributed by atoms with Crippen LogP contribution in [0, 0.1) is 0 Å². The van der Waals surface area contributed by atoms with E-state index in [1.807, 2.05) is 10.6 Å². The van der Waals surface area contributed by atoms with Gasteiger partial charge >= 0.3 is 12.2 Å². The maximum atomic E-state index is 14.7. The quantitative estimate of drug-likeness (QED) is 0.145. The molecular weight excluding hydrogens is 730 g/mol. The van der Waals surface area contributed by atoms with Crippen LogP contribution in [0.15, 0.2) is 48.5 Å². The predicted molar refractivity (Wildman–Crippen MR) is 194 cm³/mol. The number of fused-ring (bicyclic) bond motifs is 8. The van der Waals surface area contributed by atoms with Gasteiger partial charge in [0.2, 0.25) is 11.8 Å². The van der Waals surface area contributed by atoms with E-state index in [4.69, 9.17) is 16.2 Å². The Kier molecular flexibility index (Phi) is 10.2. The molecule has 18 heteroatoms. The van der Waals surface area contributed by atoms with Crippen molar-refractivity contribution >= 4 is 35.8 Å². The zero-order chi connectivity index (χ0) is 40.2. The molecule has 0 spiro atoms. The van der Waals surface area contributed by atoms with E-state index in [1.54, 1.807) is 58.3 Å². The predicted octanol–water partition coefficient (Wildman–Crippen LogP) is -0.374. The average Bonchev–Trinajstić information content (AvgIpc) is 3.86. The largest absolute Gasteiger partial charge is 0.465 e. The molecule has 2 aromatic rings. The summed E-state index contributed by atoms with van der Waals surface area (Å²) in [5.41, 5.74) is 4.25. The molecule has 4 bridgehead atoms. The lowest BCUT2D eigenvalue weighted by molar-refractivity contribution is -0.194. The summed E-state index contributed by atoms with van der Waals surface area (Å²) in [6, 6.07) is 12.9. The van der Waals surface area contributed by atoms with Gasteiger partial charge in [-0.05, 0) is 54.4 Å². The van der Waals surface area contributed by atoms with Crippen LogP contribution in [0.5, 0.6) is 0 Å². The molecule has 9 rings (SSSR count). The number of nitrogens with two attached hydrogens (primary N) is 2. The molecule has 3 saturated heterocycles. The Hall–Kier alpha value is -4.98. The number of carbonyl (C=O) groups excluding carboxylic acids is 4. The molecule has 56 heavy (non-hydrogen) atoms. The molecule has 300 valence electrons. The Bertz CT molecular complexity index is 1800. The van der Waals surface area contributed by atoms with E-state index in [2.05, 4.69) is 4.90 Å². The molecular formula is C38H47N7O11. The van der Waals surface area contributed by atoms with Gasteiger partial charge in [0.25, 0.3) is 11.8 Å². The van der Waals surface area contributed by atoms with Crippen molar-refractivity contribution in [2.24, 2.45) is 11.5 Å². The minimum Gasteiger partial charge on any atom is -0.465 e. The molecule has 3 fully saturated rings. The number of rotatable bonds is 11. The highest BCUT2D eigenvalue weighted by Crippen LogP contribution is 2.53. The Balaban J connectivity index is 1.44. The van der Waals surface area contributed by atoms with Crippen LogP contribution in [0.2, 0.25) is 0 Å². The molecule has 3 aliphatic heterocycles. The third-order valence-electron chi connectivity index (χ3n) is 12.4. The average molecular weight is 778 g/mol. The number of carboxylic acid groups (broad SMARTS) is 2. The molecule has 2 aromatic carbocycles. The maximum Gasteiger partial charge on any atom is 0.411 e. The van der Waals surface area contributed by atoms with Crippen molar-refractivity contribution in [2.45, 2.75) is 98.4 Å². The summed E-state index contributed by atoms with van der Waals surface area (Å²) in [6.07, 6.45) is -4.69. The summed E-state index contributed by atoms with van der Waals surface area (Å²) in [7, 11) is 0. The lowest BCUT2D eigenvalue weighted by Crippen LogP contribution is -2.76. The van der Waals surface area contributed by atoms with E-state index in [-0.39, 0.29) is 43.7 Å². The molecule has 2 unspecified atom stereocenters. The van der Waals surface area contributed by atoms with Crippen molar-refractivity contribution < 1.29 is 53.9 Å². The summed E-state index contributed by atoms with van der Waals surface area (Å²) in [5.74, 6) is -4.01. The zero-order valence-electron chi connectivity index (χ0n) is 30.7. The summed E-state index contributed by atoms with van der Waals surface area (Å²) in [4.78, 5) is 85.0. The SMILES string of the molecule is NC(=O)C[C@]1(O)Cc2ccc(cc2)[C@]1(C(=O)NC(=O)O)N1CCCC1N(C1CCCN1[C@@]1(C(=O)NC(=O)O)c2ccc(cc2)C[C@@]1(O)CC(N)=O)[C@@H]1CCOC1. The number of hydrogen-bond acceptors (Lipinski definition) is 12. The lowest BCUT2D eigenvalue weighted by Gasteiger charge is -2.57. The number of nitrogens with one attached hydrogen (secondary N) is 2. The number of hydrogen-bond donors (Lipinski definition) is 8. The molecule has 3 heterocycles. The van der Waals surface area contributed by atoms with Crippen LogP contribution in [0.1, 0.15) is 67.2 Å². The second kappa shape index (κ2) is 14.5. The van der Waals surface area contributed by atoms with Crippen molar-refractivity contribution in [3.05, 3.63) is 70.8 Å². The van der Waals surface area contributed by atoms with E-state index in [1.165, 1.54) is 0 Å². The first-order valence-corrected chi connectivity index (χ1v) is 18.7. The second-order valence-electron chi connectivity index (χ2n) is 15.6. The van der Waals surface area contributed by atoms with Gasteiger partial charge in [-0.1, -0.05) is 48.5 Å². The topological polar surface area (TPSA) is 278 Å². The Morgan fingerprint density at radius 2 is 1.11 bits per heavy atom. The number of likely N-dealkylation sites (tertiary alicyclic amines) is 2. The minimum absolute atomic E-state index is 0.146. The number of imide groups is 2. The summed E-state index contributed by atoms with van der Waals surface area (Å²) >= 11 is 0. The minimum atomic E-state index is -2.25. The molecule has 7 atom stereocenters. The van der Waals surface area contributed by atoms with Gasteiger partial charge in [0.1, 0.15) is 11.2 Å². The monoisotopic (exact) mass is 777 g/mol. The fraction of sp³-hybridized carbons (Fsp3) is 0.526. The molecule has 0 radical (unpaired) electrons. The highest BCUT2D eigenvalue weighted by atomic mass is 16.5. The van der Waals surface area contributed by atoms with E-state index < -0.39 is 89.3 Å². The molecule has 10 N–H and O–H groups in total. The van der Waals surface area contributed by atoms with Crippen molar-refractivity contribution in [3.8, 4) is 0 Å². The van der Waals surface area contributed by atoms with E-state index >= 15 is 0 Å². The highest BCUT2D eigenvalue weighted by Gasteiger charge is 2.68. The molecule has 4 aliphatic carbocycles. The number of aliphatic hydroxyl groups is 2. The van der Waals surface area contributed by atoms with E-state index in [0.717, 1.165) is 0 Å². The van der Waals surface area contributed by atoms with Crippen molar-refractivity contribution in [2.75, 3.05) is 26.3 Å². The summed E-state index contributed by atoms with van der Waals surface area (Å²) < 4.78 is 5.92. The van der Waals surface area contributed by atoms with Crippen molar-refractivity contribution in [3.63, 3.8) is 0 Å². The van der Waals surface area contributed by atoms with Crippen LogP contribution in [0.4, 0.5) is 9.59 Å². The van der Waals surface area contributed by atoms with Crippen molar-refractivity contribution in [1.29, 1.82) is 0 Å². The van der Waals surface area contributed by atoms with Crippen LogP contribution in [-0.2, 0) is 47.8 Å². The first-order valence-electron chi connectivity index (χ1n) is 18.7. The van der Waals surface area contributed by atoms with Gasteiger partial charge in [0.15, 0.2) is 11.1 Å². The first-order chi connectivity index (χ1) is 26.6. The van der Waals surface area contributed by atoms with E-state index in [9.17, 15) is 49.2 Å². The van der Waals surface area contributed by atoms with Crippen LogP contribution >= 0.6 is 0 Å². The second-order valence-corrected chi connectivity index (χ2v) is 15.6. The first kappa shape index (κ1) is 39.3. The van der Waals surface area contributed by atoms with Gasteiger partial charge in [-0.3, -0.25) is 44.5 Å². The highest BCUT2D eigenvalue weighted by molar-refractivity contribution is 6.00. The van der Waals surface area contributed by atoms with Gasteiger partial charge in [0.05, 0.1) is 31.8 Å². The van der Waals surface area contributed by atoms with Gasteiger partial charge in [-0.15, -0.1) is 0 Å².